The Kier molecular flexibility index (Phi) is 3.45. The third kappa shape index (κ3) is 3.73. The van der Waals surface area contributed by atoms with Crippen LogP contribution in [0.15, 0.2) is 4.42 Å². The van der Waals surface area contributed by atoms with Crippen molar-refractivity contribution >= 4 is 0 Å². The molecule has 0 fully saturated rings. The maximum atomic E-state index is 11.9. The Hall–Kier alpha value is -1.11. The van der Waals surface area contributed by atoms with Crippen molar-refractivity contribution in [3.63, 3.8) is 0 Å². The minimum Gasteiger partial charge on any atom is -0.425 e. The molecule has 1 rings (SSSR count). The fourth-order valence-electron chi connectivity index (χ4n) is 0.864. The number of halogens is 3. The van der Waals surface area contributed by atoms with Crippen molar-refractivity contribution in [1.82, 2.24) is 15.5 Å². The molecule has 1 N–H and O–H groups in total. The molecule has 0 aliphatic heterocycles. The molecule has 0 amide bonds. The van der Waals surface area contributed by atoms with Crippen molar-refractivity contribution in [3.8, 4) is 0 Å². The summed E-state index contributed by atoms with van der Waals surface area (Å²) in [5.74, 6) is -0.165. The van der Waals surface area contributed by atoms with Crippen molar-refractivity contribution in [2.75, 3.05) is 13.6 Å². The Morgan fingerprint density at radius 2 is 1.93 bits per heavy atom. The van der Waals surface area contributed by atoms with Gasteiger partial charge in [0.2, 0.25) is 11.8 Å². The van der Waals surface area contributed by atoms with Crippen LogP contribution in [0, 0.1) is 0 Å². The van der Waals surface area contributed by atoms with Crippen LogP contribution in [0.25, 0.3) is 0 Å². The van der Waals surface area contributed by atoms with Gasteiger partial charge in [0, 0.05) is 13.0 Å². The zero-order chi connectivity index (χ0) is 10.6. The lowest BCUT2D eigenvalue weighted by molar-refractivity contribution is -0.130. The second-order valence-corrected chi connectivity index (χ2v) is 2.74. The van der Waals surface area contributed by atoms with Gasteiger partial charge in [0.15, 0.2) is 0 Å². The molecule has 4 nitrogen and oxygen atoms in total. The number of hydrogen-bond acceptors (Lipinski definition) is 4. The fourth-order valence-corrected chi connectivity index (χ4v) is 0.864. The lowest BCUT2D eigenvalue weighted by Crippen LogP contribution is -2.11. The molecule has 7 heteroatoms. The second kappa shape index (κ2) is 4.41. The molecular formula is C7H10F3N3O. The Balaban J connectivity index is 2.51. The van der Waals surface area contributed by atoms with E-state index in [4.69, 9.17) is 4.42 Å². The average molecular weight is 209 g/mol. The van der Waals surface area contributed by atoms with Crippen LogP contribution >= 0.6 is 0 Å². The summed E-state index contributed by atoms with van der Waals surface area (Å²) >= 11 is 0. The van der Waals surface area contributed by atoms with Gasteiger partial charge in [-0.2, -0.15) is 13.2 Å². The molecule has 0 saturated heterocycles. The predicted octanol–water partition coefficient (Wildman–Crippen LogP) is 0.936. The molecule has 1 aromatic rings. The Morgan fingerprint density at radius 1 is 1.29 bits per heavy atom. The molecular weight excluding hydrogens is 199 g/mol. The van der Waals surface area contributed by atoms with Crippen LogP contribution in [0.3, 0.4) is 0 Å². The molecule has 0 spiro atoms. The van der Waals surface area contributed by atoms with Crippen LogP contribution < -0.4 is 5.32 Å². The van der Waals surface area contributed by atoms with Crippen LogP contribution in [-0.2, 0) is 12.8 Å². The summed E-state index contributed by atoms with van der Waals surface area (Å²) in [7, 11) is 1.73. The topological polar surface area (TPSA) is 51.0 Å². The number of aromatic nitrogens is 2. The SMILES string of the molecule is CNCCc1nnc(CC(F)(F)F)o1. The number of nitrogens with one attached hydrogen (secondary N) is 1. The summed E-state index contributed by atoms with van der Waals surface area (Å²) in [5, 5.41) is 9.59. The summed E-state index contributed by atoms with van der Waals surface area (Å²) in [5.41, 5.74) is 0. The zero-order valence-electron chi connectivity index (χ0n) is 7.56. The lowest BCUT2D eigenvalue weighted by Gasteiger charge is -2.00. The van der Waals surface area contributed by atoms with Crippen LogP contribution in [0.1, 0.15) is 11.8 Å². The molecule has 0 aliphatic rings. The first-order chi connectivity index (χ1) is 6.51. The van der Waals surface area contributed by atoms with E-state index >= 15 is 0 Å². The summed E-state index contributed by atoms with van der Waals surface area (Å²) in [6.07, 6.45) is -5.03. The van der Waals surface area contributed by atoms with Gasteiger partial charge in [0.05, 0.1) is 0 Å². The number of likely N-dealkylation sites (N-methyl/N-ethyl adjacent to an activating group) is 1. The number of alkyl halides is 3. The first kappa shape index (κ1) is 11.0. The summed E-state index contributed by atoms with van der Waals surface area (Å²) < 4.78 is 40.4. The first-order valence-electron chi connectivity index (χ1n) is 4.04. The quantitative estimate of drug-likeness (QED) is 0.801. The van der Waals surface area contributed by atoms with E-state index in [9.17, 15) is 13.2 Å². The fraction of sp³-hybridized carbons (Fsp3) is 0.714. The highest BCUT2D eigenvalue weighted by molar-refractivity contribution is 4.84. The molecule has 1 aromatic heterocycles. The van der Waals surface area contributed by atoms with E-state index in [1.165, 1.54) is 0 Å². The van der Waals surface area contributed by atoms with Crippen molar-refractivity contribution in [2.45, 2.75) is 19.0 Å². The molecule has 0 bridgehead atoms. The molecule has 80 valence electrons. The van der Waals surface area contributed by atoms with Crippen molar-refractivity contribution in [2.24, 2.45) is 0 Å². The first-order valence-corrected chi connectivity index (χ1v) is 4.04. The molecule has 0 saturated carbocycles. The minimum atomic E-state index is -4.30. The van der Waals surface area contributed by atoms with Gasteiger partial charge in [-0.1, -0.05) is 0 Å². The monoisotopic (exact) mass is 209 g/mol. The Morgan fingerprint density at radius 3 is 2.50 bits per heavy atom. The van der Waals surface area contributed by atoms with E-state index in [1.807, 2.05) is 0 Å². The molecule has 14 heavy (non-hydrogen) atoms. The van der Waals surface area contributed by atoms with E-state index < -0.39 is 12.6 Å². The van der Waals surface area contributed by atoms with E-state index in [0.717, 1.165) is 0 Å². The summed E-state index contributed by atoms with van der Waals surface area (Å²) in [6.45, 7) is 0.591. The normalized spacial score (nSPS) is 12.0. The summed E-state index contributed by atoms with van der Waals surface area (Å²) in [4.78, 5) is 0. The molecule has 0 unspecified atom stereocenters. The number of rotatable bonds is 4. The van der Waals surface area contributed by atoms with Crippen molar-refractivity contribution < 1.29 is 17.6 Å². The van der Waals surface area contributed by atoms with Crippen molar-refractivity contribution in [3.05, 3.63) is 11.8 Å². The van der Waals surface area contributed by atoms with Crippen LogP contribution in [-0.4, -0.2) is 30.0 Å². The van der Waals surface area contributed by atoms with Gasteiger partial charge >= 0.3 is 6.18 Å². The van der Waals surface area contributed by atoms with Gasteiger partial charge in [0.25, 0.3) is 0 Å². The lowest BCUT2D eigenvalue weighted by atomic mass is 10.4. The van der Waals surface area contributed by atoms with Gasteiger partial charge in [-0.15, -0.1) is 10.2 Å². The number of hydrogen-bond donors (Lipinski definition) is 1. The van der Waals surface area contributed by atoms with Gasteiger partial charge < -0.3 is 9.73 Å². The van der Waals surface area contributed by atoms with Gasteiger partial charge in [-0.25, -0.2) is 0 Å². The van der Waals surface area contributed by atoms with E-state index in [2.05, 4.69) is 15.5 Å². The maximum absolute atomic E-state index is 11.9. The number of nitrogens with zero attached hydrogens (tertiary/aromatic N) is 2. The van der Waals surface area contributed by atoms with Crippen LogP contribution in [0.2, 0.25) is 0 Å². The Labute approximate surface area is 78.5 Å². The molecule has 1 heterocycles. The molecule has 0 atom stereocenters. The third-order valence-electron chi connectivity index (χ3n) is 1.45. The average Bonchev–Trinajstić information content (AvgIpc) is 2.46. The standard InChI is InChI=1S/C7H10F3N3O/c1-11-3-2-5-12-13-6(14-5)4-7(8,9)10/h11H,2-4H2,1H3. The largest absolute Gasteiger partial charge is 0.425 e. The highest BCUT2D eigenvalue weighted by atomic mass is 19.4. The Bertz CT molecular complexity index is 284. The molecule has 0 aliphatic carbocycles. The van der Waals surface area contributed by atoms with Gasteiger partial charge in [-0.05, 0) is 7.05 Å². The second-order valence-electron chi connectivity index (χ2n) is 2.74. The van der Waals surface area contributed by atoms with E-state index in [0.29, 0.717) is 13.0 Å². The zero-order valence-corrected chi connectivity index (χ0v) is 7.56. The smallest absolute Gasteiger partial charge is 0.397 e. The van der Waals surface area contributed by atoms with Gasteiger partial charge in [-0.3, -0.25) is 0 Å². The molecule has 0 aromatic carbocycles. The third-order valence-corrected chi connectivity index (χ3v) is 1.45. The minimum absolute atomic E-state index is 0.221. The highest BCUT2D eigenvalue weighted by Crippen LogP contribution is 2.20. The van der Waals surface area contributed by atoms with Crippen LogP contribution in [0.4, 0.5) is 13.2 Å². The van der Waals surface area contributed by atoms with Crippen LogP contribution in [0.5, 0.6) is 0 Å². The molecule has 0 radical (unpaired) electrons. The van der Waals surface area contributed by atoms with Crippen molar-refractivity contribution in [1.29, 1.82) is 0 Å². The highest BCUT2D eigenvalue weighted by Gasteiger charge is 2.30. The van der Waals surface area contributed by atoms with Gasteiger partial charge in [0.1, 0.15) is 6.42 Å². The maximum Gasteiger partial charge on any atom is 0.397 e. The predicted molar refractivity (Wildman–Crippen MR) is 41.7 cm³/mol. The summed E-state index contributed by atoms with van der Waals surface area (Å²) in [6, 6.07) is 0. The van der Waals surface area contributed by atoms with E-state index in [1.54, 1.807) is 7.05 Å². The van der Waals surface area contributed by atoms with E-state index in [-0.39, 0.29) is 11.8 Å².